The van der Waals surface area contributed by atoms with E-state index in [4.69, 9.17) is 11.6 Å². The van der Waals surface area contributed by atoms with Crippen LogP contribution in [0.1, 0.15) is 46.2 Å². The molecule has 4 heterocycles. The SMILES string of the molecule is C[C@@H]1N=C(c2ncccc2F)c2c(ccc(C(F)(F)F)c2Cl)-n2nc(C(=O)N3CC(C(F)F)C3)nc21. The van der Waals surface area contributed by atoms with Crippen LogP contribution in [-0.4, -0.2) is 55.8 Å². The average Bonchev–Trinajstić information content (AvgIpc) is 3.17. The highest BCUT2D eigenvalue weighted by Gasteiger charge is 2.41. The Hall–Kier alpha value is -3.48. The topological polar surface area (TPSA) is 76.3 Å². The lowest BCUT2D eigenvalue weighted by atomic mass is 10.0. The molecule has 14 heteroatoms. The smallest absolute Gasteiger partial charge is 0.335 e. The van der Waals surface area contributed by atoms with Crippen molar-refractivity contribution in [3.63, 3.8) is 0 Å². The highest BCUT2D eigenvalue weighted by atomic mass is 35.5. The van der Waals surface area contributed by atoms with Crippen LogP contribution in [-0.2, 0) is 6.18 Å². The van der Waals surface area contributed by atoms with Gasteiger partial charge >= 0.3 is 6.18 Å². The summed E-state index contributed by atoms with van der Waals surface area (Å²) in [5.74, 6) is -2.77. The lowest BCUT2D eigenvalue weighted by Crippen LogP contribution is -2.52. The van der Waals surface area contributed by atoms with E-state index in [9.17, 15) is 31.1 Å². The molecule has 36 heavy (non-hydrogen) atoms. The van der Waals surface area contributed by atoms with Crippen LogP contribution >= 0.6 is 11.6 Å². The van der Waals surface area contributed by atoms with Gasteiger partial charge in [-0.2, -0.15) is 13.2 Å². The molecular formula is C22H15ClF6N6O. The fourth-order valence-corrected chi connectivity index (χ4v) is 4.44. The number of benzene rings is 1. The van der Waals surface area contributed by atoms with Crippen molar-refractivity contribution in [3.8, 4) is 5.69 Å². The summed E-state index contributed by atoms with van der Waals surface area (Å²) in [7, 11) is 0. The van der Waals surface area contributed by atoms with E-state index < -0.39 is 46.9 Å². The molecule has 5 rings (SSSR count). The Bertz CT molecular complexity index is 1400. The Kier molecular flexibility index (Phi) is 5.77. The van der Waals surface area contributed by atoms with E-state index >= 15 is 0 Å². The monoisotopic (exact) mass is 528 g/mol. The lowest BCUT2D eigenvalue weighted by Gasteiger charge is -2.37. The van der Waals surface area contributed by atoms with Crippen molar-refractivity contribution in [1.29, 1.82) is 0 Å². The number of hydrogen-bond donors (Lipinski definition) is 0. The predicted octanol–water partition coefficient (Wildman–Crippen LogP) is 4.72. The van der Waals surface area contributed by atoms with E-state index in [1.54, 1.807) is 0 Å². The van der Waals surface area contributed by atoms with Gasteiger partial charge in [0.2, 0.25) is 12.2 Å². The van der Waals surface area contributed by atoms with Gasteiger partial charge in [-0.15, -0.1) is 5.10 Å². The summed E-state index contributed by atoms with van der Waals surface area (Å²) in [6.07, 6.45) is -6.15. The largest absolute Gasteiger partial charge is 0.417 e. The Labute approximate surface area is 204 Å². The van der Waals surface area contributed by atoms with E-state index in [1.165, 1.54) is 19.2 Å². The Morgan fingerprint density at radius 2 is 1.92 bits per heavy atom. The van der Waals surface area contributed by atoms with Crippen LogP contribution in [0.25, 0.3) is 5.69 Å². The second-order valence-corrected chi connectivity index (χ2v) is 8.69. The first kappa shape index (κ1) is 24.2. The van der Waals surface area contributed by atoms with Crippen LogP contribution in [0.2, 0.25) is 5.02 Å². The molecule has 0 N–H and O–H groups in total. The zero-order valence-corrected chi connectivity index (χ0v) is 19.0. The highest BCUT2D eigenvalue weighted by molar-refractivity contribution is 6.37. The molecule has 1 atom stereocenters. The van der Waals surface area contributed by atoms with Crippen molar-refractivity contribution < 1.29 is 31.1 Å². The molecule has 0 saturated carbocycles. The number of rotatable bonds is 3. The van der Waals surface area contributed by atoms with Gasteiger partial charge in [-0.3, -0.25) is 14.8 Å². The molecule has 1 aromatic carbocycles. The number of hydrogen-bond acceptors (Lipinski definition) is 5. The molecule has 7 nitrogen and oxygen atoms in total. The number of aromatic nitrogens is 4. The van der Waals surface area contributed by atoms with Crippen molar-refractivity contribution in [3.05, 3.63) is 69.8 Å². The fraction of sp³-hybridized carbons (Fsp3) is 0.318. The molecule has 0 unspecified atom stereocenters. The minimum atomic E-state index is -4.83. The number of halogens is 7. The van der Waals surface area contributed by atoms with Crippen LogP contribution < -0.4 is 0 Å². The van der Waals surface area contributed by atoms with Crippen LogP contribution in [0.5, 0.6) is 0 Å². The molecule has 2 aliphatic rings. The van der Waals surface area contributed by atoms with Crippen molar-refractivity contribution >= 4 is 23.2 Å². The van der Waals surface area contributed by atoms with E-state index in [0.717, 1.165) is 27.8 Å². The number of alkyl halides is 5. The molecule has 0 aliphatic carbocycles. The molecule has 2 aliphatic heterocycles. The summed E-state index contributed by atoms with van der Waals surface area (Å²) in [4.78, 5) is 26.4. The van der Waals surface area contributed by atoms with Crippen molar-refractivity contribution in [1.82, 2.24) is 24.6 Å². The summed E-state index contributed by atoms with van der Waals surface area (Å²) in [6, 6.07) is 3.28. The minimum absolute atomic E-state index is 0.0308. The number of nitrogens with zero attached hydrogens (tertiary/aromatic N) is 6. The number of carbonyl (C=O) groups excluding carboxylic acids is 1. The van der Waals surface area contributed by atoms with Gasteiger partial charge < -0.3 is 4.90 Å². The van der Waals surface area contributed by atoms with E-state index in [-0.39, 0.29) is 47.4 Å². The zero-order valence-electron chi connectivity index (χ0n) is 18.3. The first-order valence-electron chi connectivity index (χ1n) is 10.6. The molecule has 0 radical (unpaired) electrons. The Morgan fingerprint density at radius 3 is 2.56 bits per heavy atom. The summed E-state index contributed by atoms with van der Waals surface area (Å²) in [6.45, 7) is 1.18. The first-order valence-corrected chi connectivity index (χ1v) is 11.0. The van der Waals surface area contributed by atoms with Gasteiger partial charge in [-0.1, -0.05) is 11.6 Å². The maximum atomic E-state index is 14.7. The van der Waals surface area contributed by atoms with Gasteiger partial charge in [0.25, 0.3) is 5.91 Å². The normalized spacial score (nSPS) is 17.9. The number of amides is 1. The maximum absolute atomic E-state index is 14.7. The third-order valence-corrected chi connectivity index (χ3v) is 6.34. The van der Waals surface area contributed by atoms with Gasteiger partial charge in [0.1, 0.15) is 11.7 Å². The number of aliphatic imine (C=N–C) groups is 1. The molecular weight excluding hydrogens is 514 g/mol. The molecule has 1 saturated heterocycles. The third kappa shape index (κ3) is 3.91. The van der Waals surface area contributed by atoms with E-state index in [0.29, 0.717) is 0 Å². The quantitative estimate of drug-likeness (QED) is 0.461. The first-order chi connectivity index (χ1) is 17.0. The van der Waals surface area contributed by atoms with Crippen LogP contribution in [0.3, 0.4) is 0 Å². The van der Waals surface area contributed by atoms with Crippen LogP contribution in [0.4, 0.5) is 26.3 Å². The number of likely N-dealkylation sites (tertiary alicyclic amines) is 1. The molecule has 0 bridgehead atoms. The molecule has 0 spiro atoms. The van der Waals surface area contributed by atoms with Gasteiger partial charge in [0.05, 0.1) is 27.9 Å². The Balaban J connectivity index is 1.67. The van der Waals surface area contributed by atoms with Gasteiger partial charge in [0.15, 0.2) is 11.6 Å². The fourth-order valence-electron chi connectivity index (χ4n) is 4.08. The highest BCUT2D eigenvalue weighted by Crippen LogP contribution is 2.41. The zero-order chi connectivity index (χ0) is 25.9. The van der Waals surface area contributed by atoms with Crippen molar-refractivity contribution in [2.24, 2.45) is 10.9 Å². The predicted molar refractivity (Wildman–Crippen MR) is 115 cm³/mol. The van der Waals surface area contributed by atoms with Gasteiger partial charge in [-0.25, -0.2) is 22.8 Å². The van der Waals surface area contributed by atoms with E-state index in [1.807, 2.05) is 0 Å². The average molecular weight is 529 g/mol. The van der Waals surface area contributed by atoms with E-state index in [2.05, 4.69) is 20.1 Å². The molecule has 1 amide bonds. The molecule has 3 aromatic rings. The Morgan fingerprint density at radius 1 is 1.19 bits per heavy atom. The number of fused-ring (bicyclic) bond motifs is 3. The number of carbonyl (C=O) groups is 1. The summed E-state index contributed by atoms with van der Waals surface area (Å²) in [5, 5.41) is 3.40. The minimum Gasteiger partial charge on any atom is -0.335 e. The second kappa shape index (κ2) is 8.57. The van der Waals surface area contributed by atoms with Crippen molar-refractivity contribution in [2.75, 3.05) is 13.1 Å². The summed E-state index contributed by atoms with van der Waals surface area (Å²) < 4.78 is 82.5. The maximum Gasteiger partial charge on any atom is 0.417 e. The number of pyridine rings is 1. The lowest BCUT2D eigenvalue weighted by molar-refractivity contribution is -0.137. The van der Waals surface area contributed by atoms with Gasteiger partial charge in [0, 0.05) is 24.8 Å². The van der Waals surface area contributed by atoms with Crippen LogP contribution in [0, 0.1) is 11.7 Å². The molecule has 1 fully saturated rings. The molecule has 188 valence electrons. The third-order valence-electron chi connectivity index (χ3n) is 5.95. The molecule has 2 aromatic heterocycles. The van der Waals surface area contributed by atoms with Crippen molar-refractivity contribution in [2.45, 2.75) is 25.6 Å². The standard InChI is InChI=1S/C22H15ClF6N6O/c1-9-20-32-19(21(36)34-7-10(8-34)18(25)26)33-35(20)13-5-4-11(22(27,28)29)15(23)14(13)17(31-9)16-12(24)3-2-6-30-16/h2-6,9-10,18H,7-8H2,1H3/t9-/m0/s1. The summed E-state index contributed by atoms with van der Waals surface area (Å²) in [5.41, 5.74) is -2.07. The second-order valence-electron chi connectivity index (χ2n) is 8.32. The van der Waals surface area contributed by atoms with Crippen LogP contribution in [0.15, 0.2) is 35.5 Å². The summed E-state index contributed by atoms with van der Waals surface area (Å²) >= 11 is 6.23. The van der Waals surface area contributed by atoms with Gasteiger partial charge in [-0.05, 0) is 31.2 Å².